The SMILES string of the molecule is Cn1cc(CCC(=O)NC2CCC(O)CC2)c2ccccc21. The number of fused-ring (bicyclic) bond motifs is 1. The molecule has 1 aliphatic rings. The van der Waals surface area contributed by atoms with Crippen LogP contribution in [0.4, 0.5) is 0 Å². The summed E-state index contributed by atoms with van der Waals surface area (Å²) >= 11 is 0. The summed E-state index contributed by atoms with van der Waals surface area (Å²) in [7, 11) is 2.04. The average Bonchev–Trinajstić information content (AvgIpc) is 2.85. The minimum atomic E-state index is -0.177. The molecule has 1 aromatic carbocycles. The summed E-state index contributed by atoms with van der Waals surface area (Å²) in [5.74, 6) is 0.120. The fourth-order valence-electron chi connectivity index (χ4n) is 3.39. The summed E-state index contributed by atoms with van der Waals surface area (Å²) in [4.78, 5) is 12.1. The number of nitrogens with zero attached hydrogens (tertiary/aromatic N) is 1. The molecule has 1 aliphatic carbocycles. The number of para-hydroxylation sites is 1. The number of hydrogen-bond acceptors (Lipinski definition) is 2. The van der Waals surface area contributed by atoms with Crippen molar-refractivity contribution in [2.75, 3.05) is 0 Å². The maximum Gasteiger partial charge on any atom is 0.220 e. The predicted molar refractivity (Wildman–Crippen MR) is 87.6 cm³/mol. The zero-order chi connectivity index (χ0) is 15.5. The molecule has 4 heteroatoms. The van der Waals surface area contributed by atoms with Crippen LogP contribution in [0.1, 0.15) is 37.7 Å². The van der Waals surface area contributed by atoms with Crippen LogP contribution >= 0.6 is 0 Å². The molecule has 0 aliphatic heterocycles. The molecular weight excluding hydrogens is 276 g/mol. The molecule has 2 N–H and O–H groups in total. The highest BCUT2D eigenvalue weighted by Gasteiger charge is 2.20. The summed E-state index contributed by atoms with van der Waals surface area (Å²) in [6.45, 7) is 0. The lowest BCUT2D eigenvalue weighted by Gasteiger charge is -2.26. The van der Waals surface area contributed by atoms with Gasteiger partial charge in [0.05, 0.1) is 6.10 Å². The Morgan fingerprint density at radius 3 is 2.77 bits per heavy atom. The second-order valence-electron chi connectivity index (χ2n) is 6.36. The zero-order valence-corrected chi connectivity index (χ0v) is 13.1. The lowest BCUT2D eigenvalue weighted by atomic mass is 9.93. The molecule has 0 saturated heterocycles. The topological polar surface area (TPSA) is 54.3 Å². The minimum Gasteiger partial charge on any atom is -0.393 e. The lowest BCUT2D eigenvalue weighted by molar-refractivity contribution is -0.122. The van der Waals surface area contributed by atoms with Gasteiger partial charge >= 0.3 is 0 Å². The molecule has 0 radical (unpaired) electrons. The van der Waals surface area contributed by atoms with Crippen molar-refractivity contribution in [3.05, 3.63) is 36.0 Å². The smallest absolute Gasteiger partial charge is 0.220 e. The first kappa shape index (κ1) is 15.1. The Morgan fingerprint density at radius 2 is 2.00 bits per heavy atom. The van der Waals surface area contributed by atoms with E-state index in [0.29, 0.717) is 6.42 Å². The monoisotopic (exact) mass is 300 g/mol. The number of aromatic nitrogens is 1. The van der Waals surface area contributed by atoms with E-state index in [1.165, 1.54) is 16.5 Å². The third kappa shape index (κ3) is 3.33. The van der Waals surface area contributed by atoms with E-state index >= 15 is 0 Å². The fourth-order valence-corrected chi connectivity index (χ4v) is 3.39. The van der Waals surface area contributed by atoms with Gasteiger partial charge in [0, 0.05) is 36.6 Å². The summed E-state index contributed by atoms with van der Waals surface area (Å²) in [5, 5.41) is 13.8. The van der Waals surface area contributed by atoms with E-state index in [9.17, 15) is 9.90 Å². The van der Waals surface area contributed by atoms with E-state index in [0.717, 1.165) is 32.1 Å². The first-order chi connectivity index (χ1) is 10.6. The molecule has 3 rings (SSSR count). The largest absolute Gasteiger partial charge is 0.393 e. The Morgan fingerprint density at radius 1 is 1.27 bits per heavy atom. The number of benzene rings is 1. The number of amides is 1. The second kappa shape index (κ2) is 6.53. The molecule has 0 atom stereocenters. The molecule has 1 amide bonds. The number of carbonyl (C=O) groups is 1. The van der Waals surface area contributed by atoms with Crippen LogP contribution in [0.15, 0.2) is 30.5 Å². The van der Waals surface area contributed by atoms with Gasteiger partial charge < -0.3 is 15.0 Å². The molecule has 1 saturated carbocycles. The van der Waals surface area contributed by atoms with E-state index in [1.54, 1.807) is 0 Å². The van der Waals surface area contributed by atoms with Crippen LogP contribution in [-0.4, -0.2) is 27.7 Å². The maximum atomic E-state index is 12.1. The quantitative estimate of drug-likeness (QED) is 0.911. The number of aliphatic hydroxyl groups is 1. The van der Waals surface area contributed by atoms with E-state index in [-0.39, 0.29) is 18.1 Å². The third-order valence-electron chi connectivity index (χ3n) is 4.66. The first-order valence-electron chi connectivity index (χ1n) is 8.14. The van der Waals surface area contributed by atoms with Gasteiger partial charge in [-0.2, -0.15) is 0 Å². The van der Waals surface area contributed by atoms with Crippen LogP contribution in [0.2, 0.25) is 0 Å². The number of aryl methyl sites for hydroxylation is 2. The van der Waals surface area contributed by atoms with Gasteiger partial charge in [-0.25, -0.2) is 0 Å². The molecule has 1 aromatic heterocycles. The number of nitrogens with one attached hydrogen (secondary N) is 1. The van der Waals surface area contributed by atoms with Crippen molar-refractivity contribution in [2.45, 2.75) is 50.7 Å². The molecule has 118 valence electrons. The van der Waals surface area contributed by atoms with Crippen molar-refractivity contribution in [3.63, 3.8) is 0 Å². The Hall–Kier alpha value is -1.81. The van der Waals surface area contributed by atoms with Crippen LogP contribution in [0, 0.1) is 0 Å². The van der Waals surface area contributed by atoms with Crippen molar-refractivity contribution in [1.82, 2.24) is 9.88 Å². The van der Waals surface area contributed by atoms with Gasteiger partial charge in [0.25, 0.3) is 0 Å². The Balaban J connectivity index is 1.56. The molecular formula is C18H24N2O2. The molecule has 1 heterocycles. The van der Waals surface area contributed by atoms with Gasteiger partial charge in [0.1, 0.15) is 0 Å². The van der Waals surface area contributed by atoms with Gasteiger partial charge in [-0.05, 0) is 43.7 Å². The Bertz CT molecular complexity index is 654. The summed E-state index contributed by atoms with van der Waals surface area (Å²) in [5.41, 5.74) is 2.44. The van der Waals surface area contributed by atoms with Crippen LogP contribution in [-0.2, 0) is 18.3 Å². The highest BCUT2D eigenvalue weighted by Crippen LogP contribution is 2.22. The van der Waals surface area contributed by atoms with Crippen molar-refractivity contribution >= 4 is 16.8 Å². The Labute approximate surface area is 131 Å². The van der Waals surface area contributed by atoms with Crippen molar-refractivity contribution in [2.24, 2.45) is 7.05 Å². The van der Waals surface area contributed by atoms with Crippen molar-refractivity contribution in [1.29, 1.82) is 0 Å². The van der Waals surface area contributed by atoms with Crippen LogP contribution < -0.4 is 5.32 Å². The van der Waals surface area contributed by atoms with E-state index in [1.807, 2.05) is 19.2 Å². The number of carbonyl (C=O) groups excluding carboxylic acids is 1. The normalized spacial score (nSPS) is 21.9. The van der Waals surface area contributed by atoms with E-state index in [4.69, 9.17) is 0 Å². The second-order valence-corrected chi connectivity index (χ2v) is 6.36. The summed E-state index contributed by atoms with van der Waals surface area (Å²) < 4.78 is 2.12. The lowest BCUT2D eigenvalue weighted by Crippen LogP contribution is -2.38. The van der Waals surface area contributed by atoms with Crippen LogP contribution in [0.5, 0.6) is 0 Å². The van der Waals surface area contributed by atoms with Gasteiger partial charge in [-0.1, -0.05) is 18.2 Å². The predicted octanol–water partition coefficient (Wildman–Crippen LogP) is 2.53. The van der Waals surface area contributed by atoms with Gasteiger partial charge in [-0.15, -0.1) is 0 Å². The highest BCUT2D eigenvalue weighted by molar-refractivity contribution is 5.85. The fraction of sp³-hybridized carbons (Fsp3) is 0.500. The summed E-state index contributed by atoms with van der Waals surface area (Å²) in [6, 6.07) is 8.54. The van der Waals surface area contributed by atoms with E-state index in [2.05, 4.69) is 28.2 Å². The molecule has 0 unspecified atom stereocenters. The molecule has 0 bridgehead atoms. The van der Waals surface area contributed by atoms with Crippen LogP contribution in [0.3, 0.4) is 0 Å². The van der Waals surface area contributed by atoms with Gasteiger partial charge in [0.2, 0.25) is 5.91 Å². The van der Waals surface area contributed by atoms with Crippen molar-refractivity contribution in [3.8, 4) is 0 Å². The Kier molecular flexibility index (Phi) is 4.48. The molecule has 22 heavy (non-hydrogen) atoms. The molecule has 4 nitrogen and oxygen atoms in total. The van der Waals surface area contributed by atoms with Gasteiger partial charge in [0.15, 0.2) is 0 Å². The molecule has 2 aromatic rings. The standard InChI is InChI=1S/C18H24N2O2/c1-20-12-13(16-4-2-3-5-17(16)20)6-11-18(22)19-14-7-9-15(21)10-8-14/h2-5,12,14-15,21H,6-11H2,1H3,(H,19,22). The number of aliphatic hydroxyl groups excluding tert-OH is 1. The van der Waals surface area contributed by atoms with Crippen molar-refractivity contribution < 1.29 is 9.90 Å². The molecule has 0 spiro atoms. The maximum absolute atomic E-state index is 12.1. The highest BCUT2D eigenvalue weighted by atomic mass is 16.3. The molecule has 1 fully saturated rings. The van der Waals surface area contributed by atoms with Gasteiger partial charge in [-0.3, -0.25) is 4.79 Å². The number of hydrogen-bond donors (Lipinski definition) is 2. The zero-order valence-electron chi connectivity index (χ0n) is 13.1. The van der Waals surface area contributed by atoms with E-state index < -0.39 is 0 Å². The summed E-state index contributed by atoms with van der Waals surface area (Å²) in [6.07, 6.45) is 6.61. The number of rotatable bonds is 4. The average molecular weight is 300 g/mol. The minimum absolute atomic E-state index is 0.120. The van der Waals surface area contributed by atoms with Crippen LogP contribution in [0.25, 0.3) is 10.9 Å². The third-order valence-corrected chi connectivity index (χ3v) is 4.66. The first-order valence-corrected chi connectivity index (χ1v) is 8.14.